The maximum atomic E-state index is 10.3. The first-order valence-electron chi connectivity index (χ1n) is 2.66. The third-order valence-electron chi connectivity index (χ3n) is 1.12. The second-order valence-electron chi connectivity index (χ2n) is 1.72. The molecule has 0 amide bonds. The highest BCUT2D eigenvalue weighted by Gasteiger charge is 2.10. The molecule has 0 atom stereocenters. The Morgan fingerprint density at radius 3 is 2.80 bits per heavy atom. The second-order valence-corrected chi connectivity index (χ2v) is 1.72. The van der Waals surface area contributed by atoms with Gasteiger partial charge in [0.05, 0.1) is 6.26 Å². The number of aliphatic hydroxyl groups is 1. The smallest absolute Gasteiger partial charge is 0.339 e. The average Bonchev–Trinajstić information content (AvgIpc) is 2.33. The first kappa shape index (κ1) is 6.82. The minimum atomic E-state index is -1.09. The summed E-state index contributed by atoms with van der Waals surface area (Å²) in [5.74, 6) is -0.995. The standard InChI is InChI=1S/C6H6O4/c7-3-5-4(6(8)9)1-2-10-5/h1-2,7H,3H2,(H,8,9). The molecule has 0 saturated carbocycles. The number of carbonyl (C=O) groups is 1. The molecule has 1 aromatic heterocycles. The minimum absolute atomic E-state index is 0.0162. The molecule has 1 aromatic rings. The lowest BCUT2D eigenvalue weighted by Crippen LogP contribution is -1.97. The summed E-state index contributed by atoms with van der Waals surface area (Å²) >= 11 is 0. The molecular formula is C6H6O4. The zero-order chi connectivity index (χ0) is 7.56. The Balaban J connectivity index is 3.01. The Morgan fingerprint density at radius 1 is 1.70 bits per heavy atom. The summed E-state index contributed by atoms with van der Waals surface area (Å²) in [5, 5.41) is 16.9. The van der Waals surface area contributed by atoms with Crippen LogP contribution in [0.4, 0.5) is 0 Å². The number of carboxylic acids is 1. The van der Waals surface area contributed by atoms with Crippen LogP contribution in [0.5, 0.6) is 0 Å². The van der Waals surface area contributed by atoms with Gasteiger partial charge in [-0.3, -0.25) is 0 Å². The fraction of sp³-hybridized carbons (Fsp3) is 0.167. The molecule has 0 aliphatic rings. The van der Waals surface area contributed by atoms with Crippen LogP contribution in [0.2, 0.25) is 0 Å². The second kappa shape index (κ2) is 2.53. The number of furan rings is 1. The van der Waals surface area contributed by atoms with Crippen molar-refractivity contribution in [1.29, 1.82) is 0 Å². The number of hydrogen-bond donors (Lipinski definition) is 2. The number of aromatic carboxylic acids is 1. The normalized spacial score (nSPS) is 9.70. The summed E-state index contributed by atoms with van der Waals surface area (Å²) < 4.78 is 4.64. The van der Waals surface area contributed by atoms with Crippen molar-refractivity contribution >= 4 is 5.97 Å². The molecule has 0 fully saturated rings. The van der Waals surface area contributed by atoms with E-state index in [-0.39, 0.29) is 17.9 Å². The van der Waals surface area contributed by atoms with E-state index in [9.17, 15) is 4.79 Å². The number of aliphatic hydroxyl groups excluding tert-OH is 1. The van der Waals surface area contributed by atoms with Gasteiger partial charge in [-0.2, -0.15) is 0 Å². The Labute approximate surface area is 56.7 Å². The number of hydrogen-bond acceptors (Lipinski definition) is 3. The van der Waals surface area contributed by atoms with E-state index in [1.807, 2.05) is 0 Å². The van der Waals surface area contributed by atoms with Crippen molar-refractivity contribution in [2.75, 3.05) is 0 Å². The van der Waals surface area contributed by atoms with Gasteiger partial charge in [-0.05, 0) is 6.07 Å². The lowest BCUT2D eigenvalue weighted by molar-refractivity contribution is 0.0691. The molecule has 0 saturated heterocycles. The van der Waals surface area contributed by atoms with Gasteiger partial charge in [0.15, 0.2) is 0 Å². The van der Waals surface area contributed by atoms with Crippen LogP contribution in [0.3, 0.4) is 0 Å². The van der Waals surface area contributed by atoms with E-state index < -0.39 is 5.97 Å². The molecule has 0 unspecified atom stereocenters. The summed E-state index contributed by atoms with van der Waals surface area (Å²) in [6, 6.07) is 1.30. The summed E-state index contributed by atoms with van der Waals surface area (Å²) in [6.45, 7) is -0.380. The van der Waals surface area contributed by atoms with Gasteiger partial charge in [0.1, 0.15) is 17.9 Å². The molecule has 54 valence electrons. The van der Waals surface area contributed by atoms with Crippen LogP contribution >= 0.6 is 0 Å². The van der Waals surface area contributed by atoms with Crippen molar-refractivity contribution in [3.63, 3.8) is 0 Å². The molecule has 0 aliphatic heterocycles. The van der Waals surface area contributed by atoms with Crippen molar-refractivity contribution in [2.24, 2.45) is 0 Å². The maximum Gasteiger partial charge on any atom is 0.339 e. The topological polar surface area (TPSA) is 70.7 Å². The summed E-state index contributed by atoms with van der Waals surface area (Å²) in [4.78, 5) is 10.3. The molecular weight excluding hydrogens is 136 g/mol. The fourth-order valence-electron chi connectivity index (χ4n) is 0.654. The van der Waals surface area contributed by atoms with Gasteiger partial charge in [0.2, 0.25) is 0 Å². The molecule has 4 heteroatoms. The van der Waals surface area contributed by atoms with E-state index in [2.05, 4.69) is 4.42 Å². The Hall–Kier alpha value is -1.29. The SMILES string of the molecule is O=C(O)c1ccoc1CO. The predicted octanol–water partition coefficient (Wildman–Crippen LogP) is 0.470. The highest BCUT2D eigenvalue weighted by atomic mass is 16.4. The van der Waals surface area contributed by atoms with Gasteiger partial charge in [-0.1, -0.05) is 0 Å². The van der Waals surface area contributed by atoms with Crippen LogP contribution in [-0.2, 0) is 6.61 Å². The van der Waals surface area contributed by atoms with Crippen molar-refractivity contribution in [1.82, 2.24) is 0 Å². The molecule has 0 bridgehead atoms. The zero-order valence-electron chi connectivity index (χ0n) is 5.07. The van der Waals surface area contributed by atoms with Crippen LogP contribution in [0.15, 0.2) is 16.7 Å². The van der Waals surface area contributed by atoms with E-state index in [0.29, 0.717) is 0 Å². The molecule has 2 N–H and O–H groups in total. The van der Waals surface area contributed by atoms with Gasteiger partial charge >= 0.3 is 5.97 Å². The quantitative estimate of drug-likeness (QED) is 0.629. The number of carboxylic acid groups (broad SMARTS) is 1. The van der Waals surface area contributed by atoms with E-state index in [4.69, 9.17) is 10.2 Å². The van der Waals surface area contributed by atoms with Gasteiger partial charge < -0.3 is 14.6 Å². The Morgan fingerprint density at radius 2 is 2.40 bits per heavy atom. The van der Waals surface area contributed by atoms with Crippen molar-refractivity contribution in [3.8, 4) is 0 Å². The third kappa shape index (κ3) is 1.01. The van der Waals surface area contributed by atoms with E-state index in [1.54, 1.807) is 0 Å². The summed E-state index contributed by atoms with van der Waals surface area (Å²) in [7, 11) is 0. The van der Waals surface area contributed by atoms with Crippen molar-refractivity contribution < 1.29 is 19.4 Å². The highest BCUT2D eigenvalue weighted by Crippen LogP contribution is 2.09. The van der Waals surface area contributed by atoms with Crippen LogP contribution in [-0.4, -0.2) is 16.2 Å². The third-order valence-corrected chi connectivity index (χ3v) is 1.12. The molecule has 0 spiro atoms. The van der Waals surface area contributed by atoms with Crippen LogP contribution in [0.25, 0.3) is 0 Å². The molecule has 4 nitrogen and oxygen atoms in total. The van der Waals surface area contributed by atoms with Gasteiger partial charge in [-0.15, -0.1) is 0 Å². The average molecular weight is 142 g/mol. The zero-order valence-corrected chi connectivity index (χ0v) is 5.07. The summed E-state index contributed by atoms with van der Waals surface area (Å²) in [6.07, 6.45) is 1.23. The largest absolute Gasteiger partial charge is 0.478 e. The van der Waals surface area contributed by atoms with E-state index >= 15 is 0 Å². The summed E-state index contributed by atoms with van der Waals surface area (Å²) in [5.41, 5.74) is 0.0162. The molecule has 1 heterocycles. The molecule has 10 heavy (non-hydrogen) atoms. The minimum Gasteiger partial charge on any atom is -0.478 e. The first-order chi connectivity index (χ1) is 4.75. The van der Waals surface area contributed by atoms with Crippen LogP contribution in [0, 0.1) is 0 Å². The van der Waals surface area contributed by atoms with Gasteiger partial charge in [0, 0.05) is 0 Å². The molecule has 0 aliphatic carbocycles. The van der Waals surface area contributed by atoms with E-state index in [0.717, 1.165) is 0 Å². The lowest BCUT2D eigenvalue weighted by Gasteiger charge is -1.89. The monoisotopic (exact) mass is 142 g/mol. The molecule has 1 rings (SSSR count). The van der Waals surface area contributed by atoms with Gasteiger partial charge in [0.25, 0.3) is 0 Å². The van der Waals surface area contributed by atoms with Crippen molar-refractivity contribution in [2.45, 2.75) is 6.61 Å². The van der Waals surface area contributed by atoms with E-state index in [1.165, 1.54) is 12.3 Å². The van der Waals surface area contributed by atoms with Crippen LogP contribution in [0.1, 0.15) is 16.1 Å². The molecule has 0 aromatic carbocycles. The number of rotatable bonds is 2. The lowest BCUT2D eigenvalue weighted by atomic mass is 10.2. The fourth-order valence-corrected chi connectivity index (χ4v) is 0.654. The molecule has 0 radical (unpaired) electrons. The Kier molecular flexibility index (Phi) is 1.73. The first-order valence-corrected chi connectivity index (χ1v) is 2.66. The Bertz CT molecular complexity index is 238. The predicted molar refractivity (Wildman–Crippen MR) is 31.6 cm³/mol. The van der Waals surface area contributed by atoms with Crippen LogP contribution < -0.4 is 0 Å². The van der Waals surface area contributed by atoms with Crippen molar-refractivity contribution in [3.05, 3.63) is 23.7 Å². The van der Waals surface area contributed by atoms with Gasteiger partial charge in [-0.25, -0.2) is 4.79 Å². The maximum absolute atomic E-state index is 10.3. The highest BCUT2D eigenvalue weighted by molar-refractivity contribution is 5.88.